The summed E-state index contributed by atoms with van der Waals surface area (Å²) in [5.74, 6) is -0.250. The molecule has 0 aliphatic carbocycles. The molecule has 3 rings (SSSR count). The van der Waals surface area contributed by atoms with E-state index in [4.69, 9.17) is 11.6 Å². The third-order valence-electron chi connectivity index (χ3n) is 4.22. The molecule has 2 aromatic carbocycles. The van der Waals surface area contributed by atoms with Crippen LogP contribution in [0.25, 0.3) is 0 Å². The lowest BCUT2D eigenvalue weighted by Crippen LogP contribution is -2.45. The van der Waals surface area contributed by atoms with Crippen molar-refractivity contribution in [2.75, 3.05) is 6.54 Å². The molecule has 2 unspecified atom stereocenters. The molecule has 0 aromatic heterocycles. The Morgan fingerprint density at radius 2 is 1.95 bits per heavy atom. The smallest absolute Gasteiger partial charge is 0.129 e. The van der Waals surface area contributed by atoms with Gasteiger partial charge in [-0.25, -0.2) is 4.39 Å². The number of hydrogen-bond acceptors (Lipinski definition) is 2. The quantitative estimate of drug-likeness (QED) is 0.888. The van der Waals surface area contributed by atoms with E-state index >= 15 is 0 Å². The average Bonchev–Trinajstić information content (AvgIpc) is 2.56. The van der Waals surface area contributed by atoms with Crippen molar-refractivity contribution in [2.45, 2.75) is 31.5 Å². The second kappa shape index (κ2) is 7.23. The van der Waals surface area contributed by atoms with Gasteiger partial charge in [-0.05, 0) is 37.1 Å². The van der Waals surface area contributed by atoms with Crippen LogP contribution in [-0.2, 0) is 6.54 Å². The SMILES string of the molecule is Fc1cccc(Cl)c1CNC1CCCNC1c1ccccc1. The van der Waals surface area contributed by atoms with Crippen LogP contribution in [0.4, 0.5) is 4.39 Å². The van der Waals surface area contributed by atoms with Crippen molar-refractivity contribution in [1.82, 2.24) is 10.6 Å². The second-order valence-electron chi connectivity index (χ2n) is 5.67. The Morgan fingerprint density at radius 1 is 1.14 bits per heavy atom. The summed E-state index contributed by atoms with van der Waals surface area (Å²) in [6.07, 6.45) is 2.19. The monoisotopic (exact) mass is 318 g/mol. The predicted molar refractivity (Wildman–Crippen MR) is 88.5 cm³/mol. The van der Waals surface area contributed by atoms with Crippen LogP contribution in [0.5, 0.6) is 0 Å². The van der Waals surface area contributed by atoms with Crippen LogP contribution in [0, 0.1) is 5.82 Å². The fraction of sp³-hybridized carbons (Fsp3) is 0.333. The topological polar surface area (TPSA) is 24.1 Å². The molecule has 2 atom stereocenters. The van der Waals surface area contributed by atoms with Gasteiger partial charge in [0, 0.05) is 29.2 Å². The Balaban J connectivity index is 1.72. The van der Waals surface area contributed by atoms with Crippen LogP contribution in [0.15, 0.2) is 48.5 Å². The fourth-order valence-electron chi connectivity index (χ4n) is 3.05. The van der Waals surface area contributed by atoms with Crippen molar-refractivity contribution in [3.8, 4) is 0 Å². The van der Waals surface area contributed by atoms with Crippen LogP contribution in [0.3, 0.4) is 0 Å². The molecule has 0 spiro atoms. The lowest BCUT2D eigenvalue weighted by molar-refractivity contribution is 0.303. The van der Waals surface area contributed by atoms with Gasteiger partial charge in [0.15, 0.2) is 0 Å². The maximum atomic E-state index is 13.9. The van der Waals surface area contributed by atoms with E-state index in [-0.39, 0.29) is 17.9 Å². The summed E-state index contributed by atoms with van der Waals surface area (Å²) in [6.45, 7) is 1.46. The molecule has 0 radical (unpaired) electrons. The van der Waals surface area contributed by atoms with Gasteiger partial charge in [0.25, 0.3) is 0 Å². The maximum absolute atomic E-state index is 13.9. The molecule has 4 heteroatoms. The molecule has 1 heterocycles. The largest absolute Gasteiger partial charge is 0.309 e. The number of rotatable bonds is 4. The van der Waals surface area contributed by atoms with Gasteiger partial charge >= 0.3 is 0 Å². The molecule has 0 saturated carbocycles. The number of hydrogen-bond donors (Lipinski definition) is 2. The van der Waals surface area contributed by atoms with E-state index in [1.54, 1.807) is 12.1 Å². The van der Waals surface area contributed by atoms with Crippen LogP contribution in [-0.4, -0.2) is 12.6 Å². The standard InChI is InChI=1S/C18H20ClFN2/c19-15-8-4-9-16(20)14(15)12-22-17-10-5-11-21-18(17)13-6-2-1-3-7-13/h1-4,6-9,17-18,21-22H,5,10-12H2. The number of benzene rings is 2. The Kier molecular flexibility index (Phi) is 5.08. The van der Waals surface area contributed by atoms with Gasteiger partial charge in [-0.3, -0.25) is 0 Å². The predicted octanol–water partition coefficient (Wildman–Crippen LogP) is 4.06. The van der Waals surface area contributed by atoms with Gasteiger partial charge in [-0.1, -0.05) is 48.0 Å². The van der Waals surface area contributed by atoms with Crippen molar-refractivity contribution in [3.05, 3.63) is 70.5 Å². The first kappa shape index (κ1) is 15.5. The third-order valence-corrected chi connectivity index (χ3v) is 4.57. The molecule has 2 N–H and O–H groups in total. The summed E-state index contributed by atoms with van der Waals surface area (Å²) >= 11 is 6.10. The van der Waals surface area contributed by atoms with Crippen molar-refractivity contribution in [1.29, 1.82) is 0 Å². The Morgan fingerprint density at radius 3 is 2.73 bits per heavy atom. The highest BCUT2D eigenvalue weighted by molar-refractivity contribution is 6.31. The number of piperidine rings is 1. The van der Waals surface area contributed by atoms with Crippen molar-refractivity contribution < 1.29 is 4.39 Å². The Hall–Kier alpha value is -1.42. The lowest BCUT2D eigenvalue weighted by Gasteiger charge is -2.34. The zero-order valence-corrected chi connectivity index (χ0v) is 13.1. The lowest BCUT2D eigenvalue weighted by atomic mass is 9.92. The van der Waals surface area contributed by atoms with E-state index in [9.17, 15) is 4.39 Å². The van der Waals surface area contributed by atoms with Gasteiger partial charge in [-0.2, -0.15) is 0 Å². The van der Waals surface area contributed by atoms with E-state index in [1.165, 1.54) is 11.6 Å². The van der Waals surface area contributed by atoms with Gasteiger partial charge in [0.2, 0.25) is 0 Å². The Bertz CT molecular complexity index is 597. The minimum absolute atomic E-state index is 0.250. The normalized spacial score (nSPS) is 21.7. The molecule has 1 fully saturated rings. The molecule has 2 aromatic rings. The van der Waals surface area contributed by atoms with Gasteiger partial charge in [0.05, 0.1) is 0 Å². The van der Waals surface area contributed by atoms with E-state index in [1.807, 2.05) is 6.07 Å². The van der Waals surface area contributed by atoms with Gasteiger partial charge < -0.3 is 10.6 Å². The van der Waals surface area contributed by atoms with Crippen LogP contribution in [0.1, 0.15) is 30.0 Å². The van der Waals surface area contributed by atoms with Crippen molar-refractivity contribution >= 4 is 11.6 Å². The maximum Gasteiger partial charge on any atom is 0.129 e. The van der Waals surface area contributed by atoms with E-state index in [0.29, 0.717) is 17.1 Å². The highest BCUT2D eigenvalue weighted by atomic mass is 35.5. The summed E-state index contributed by atoms with van der Waals surface area (Å²) in [5.41, 5.74) is 1.81. The van der Waals surface area contributed by atoms with E-state index in [0.717, 1.165) is 19.4 Å². The van der Waals surface area contributed by atoms with E-state index in [2.05, 4.69) is 34.9 Å². The highest BCUT2D eigenvalue weighted by Crippen LogP contribution is 2.25. The minimum Gasteiger partial charge on any atom is -0.309 e. The summed E-state index contributed by atoms with van der Waals surface area (Å²) in [5, 5.41) is 7.52. The first-order chi connectivity index (χ1) is 10.8. The molecule has 2 nitrogen and oxygen atoms in total. The van der Waals surface area contributed by atoms with E-state index < -0.39 is 0 Å². The minimum atomic E-state index is -0.250. The Labute approximate surface area is 135 Å². The van der Waals surface area contributed by atoms with Crippen LogP contribution < -0.4 is 10.6 Å². The fourth-order valence-corrected chi connectivity index (χ4v) is 3.28. The second-order valence-corrected chi connectivity index (χ2v) is 6.08. The molecule has 22 heavy (non-hydrogen) atoms. The summed E-state index contributed by atoms with van der Waals surface area (Å²) < 4.78 is 13.9. The first-order valence-electron chi connectivity index (χ1n) is 7.70. The summed E-state index contributed by atoms with van der Waals surface area (Å²) in [6, 6.07) is 15.7. The molecule has 0 bridgehead atoms. The zero-order valence-electron chi connectivity index (χ0n) is 12.4. The molecular formula is C18H20ClFN2. The molecule has 1 saturated heterocycles. The van der Waals surface area contributed by atoms with Gasteiger partial charge in [0.1, 0.15) is 5.82 Å². The highest BCUT2D eigenvalue weighted by Gasteiger charge is 2.25. The van der Waals surface area contributed by atoms with Gasteiger partial charge in [-0.15, -0.1) is 0 Å². The third kappa shape index (κ3) is 3.49. The molecule has 0 amide bonds. The number of halogens is 2. The number of nitrogens with one attached hydrogen (secondary N) is 2. The average molecular weight is 319 g/mol. The summed E-state index contributed by atoms with van der Waals surface area (Å²) in [7, 11) is 0. The molecule has 1 aliphatic rings. The zero-order chi connectivity index (χ0) is 15.4. The van der Waals surface area contributed by atoms with Crippen molar-refractivity contribution in [3.63, 3.8) is 0 Å². The summed E-state index contributed by atoms with van der Waals surface area (Å²) in [4.78, 5) is 0. The van der Waals surface area contributed by atoms with Crippen LogP contribution >= 0.6 is 11.6 Å². The molecular weight excluding hydrogens is 299 g/mol. The molecule has 1 aliphatic heterocycles. The molecule has 116 valence electrons. The first-order valence-corrected chi connectivity index (χ1v) is 8.08. The van der Waals surface area contributed by atoms with Crippen molar-refractivity contribution in [2.24, 2.45) is 0 Å². The van der Waals surface area contributed by atoms with Crippen LogP contribution in [0.2, 0.25) is 5.02 Å².